The summed E-state index contributed by atoms with van der Waals surface area (Å²) < 4.78 is 0. The molecule has 0 aromatic heterocycles. The van der Waals surface area contributed by atoms with Crippen molar-refractivity contribution < 1.29 is 5.11 Å². The van der Waals surface area contributed by atoms with Crippen LogP contribution in [0.15, 0.2) is 24.3 Å². The highest BCUT2D eigenvalue weighted by Crippen LogP contribution is 2.15. The fraction of sp³-hybridized carbons (Fsp3) is 0.545. The van der Waals surface area contributed by atoms with Gasteiger partial charge in [-0.05, 0) is 19.3 Å². The van der Waals surface area contributed by atoms with Crippen molar-refractivity contribution in [1.82, 2.24) is 0 Å². The highest BCUT2D eigenvalue weighted by Gasteiger charge is 2.16. The molecule has 0 saturated heterocycles. The highest BCUT2D eigenvalue weighted by molar-refractivity contribution is 5.11. The van der Waals surface area contributed by atoms with E-state index in [0.29, 0.717) is 0 Å². The Hall–Kier alpha value is -0.560. The van der Waals surface area contributed by atoms with Gasteiger partial charge < -0.3 is 5.11 Å². The molecule has 0 spiro atoms. The minimum Gasteiger partial charge on any atom is -0.386 e. The molecule has 0 saturated carbocycles. The van der Waals surface area contributed by atoms with Crippen LogP contribution in [0.25, 0.3) is 0 Å². The summed E-state index contributed by atoms with van der Waals surface area (Å²) >= 11 is 0. The number of hydrogen-bond acceptors (Lipinski definition) is 1. The van der Waals surface area contributed by atoms with Crippen molar-refractivity contribution in [2.24, 2.45) is 0 Å². The molecular weight excluding hydrogens is 148 g/mol. The van der Waals surface area contributed by atoms with Crippen LogP contribution in [0.2, 0.25) is 0 Å². The van der Waals surface area contributed by atoms with Crippen LogP contribution in [0, 0.1) is 6.42 Å². The maximum Gasteiger partial charge on any atom is 0.0825 e. The van der Waals surface area contributed by atoms with E-state index in [9.17, 15) is 5.11 Å². The molecule has 0 amide bonds. The highest BCUT2D eigenvalue weighted by atomic mass is 16.3. The van der Waals surface area contributed by atoms with Crippen LogP contribution < -0.4 is 0 Å². The lowest BCUT2D eigenvalue weighted by Crippen LogP contribution is -2.22. The van der Waals surface area contributed by atoms with Gasteiger partial charge in [0.1, 0.15) is 0 Å². The van der Waals surface area contributed by atoms with Gasteiger partial charge in [0.15, 0.2) is 0 Å². The summed E-state index contributed by atoms with van der Waals surface area (Å²) in [7, 11) is 0. The normalized spacial score (nSPS) is 13.3. The van der Waals surface area contributed by atoms with Gasteiger partial charge in [0.05, 0.1) is 5.60 Å². The van der Waals surface area contributed by atoms with E-state index in [1.807, 2.05) is 51.5 Å². The average molecular weight is 167 g/mol. The lowest BCUT2D eigenvalue weighted by Gasteiger charge is -2.19. The topological polar surface area (TPSA) is 20.2 Å². The van der Waals surface area contributed by atoms with E-state index in [0.717, 1.165) is 12.8 Å². The SMILES string of the molecule is C[CH]C=CC=CC(O)(CC)CC. The zero-order chi connectivity index (χ0) is 9.45. The predicted molar refractivity (Wildman–Crippen MR) is 53.8 cm³/mol. The molecule has 0 aromatic carbocycles. The largest absolute Gasteiger partial charge is 0.386 e. The summed E-state index contributed by atoms with van der Waals surface area (Å²) in [4.78, 5) is 0. The number of hydrogen-bond donors (Lipinski definition) is 1. The molecule has 0 aromatic rings. The van der Waals surface area contributed by atoms with E-state index in [1.165, 1.54) is 0 Å². The summed E-state index contributed by atoms with van der Waals surface area (Å²) in [6.07, 6.45) is 11.1. The van der Waals surface area contributed by atoms with Crippen molar-refractivity contribution >= 4 is 0 Å². The minimum atomic E-state index is -0.613. The predicted octanol–water partition coefficient (Wildman–Crippen LogP) is 2.87. The number of aliphatic hydroxyl groups is 1. The van der Waals surface area contributed by atoms with Crippen molar-refractivity contribution in [3.05, 3.63) is 30.7 Å². The molecule has 1 heteroatoms. The first-order valence-electron chi connectivity index (χ1n) is 4.54. The van der Waals surface area contributed by atoms with Gasteiger partial charge in [0, 0.05) is 0 Å². The van der Waals surface area contributed by atoms with Crippen molar-refractivity contribution in [2.45, 2.75) is 39.2 Å². The molecule has 1 radical (unpaired) electrons. The summed E-state index contributed by atoms with van der Waals surface area (Å²) in [5, 5.41) is 9.80. The third-order valence-corrected chi connectivity index (χ3v) is 2.05. The van der Waals surface area contributed by atoms with E-state index in [4.69, 9.17) is 0 Å². The maximum atomic E-state index is 9.80. The van der Waals surface area contributed by atoms with Gasteiger partial charge in [-0.3, -0.25) is 0 Å². The van der Waals surface area contributed by atoms with Crippen molar-refractivity contribution in [2.75, 3.05) is 0 Å². The van der Waals surface area contributed by atoms with E-state index >= 15 is 0 Å². The quantitative estimate of drug-likeness (QED) is 0.624. The Balaban J connectivity index is 4.01. The fourth-order valence-corrected chi connectivity index (χ4v) is 0.896. The Morgan fingerprint density at radius 3 is 2.08 bits per heavy atom. The Morgan fingerprint density at radius 1 is 1.08 bits per heavy atom. The average Bonchev–Trinajstić information content (AvgIpc) is 2.12. The molecule has 69 valence electrons. The molecule has 1 nitrogen and oxygen atoms in total. The van der Waals surface area contributed by atoms with Crippen LogP contribution in [-0.4, -0.2) is 10.7 Å². The smallest absolute Gasteiger partial charge is 0.0825 e. The van der Waals surface area contributed by atoms with E-state index in [-0.39, 0.29) is 0 Å². The Morgan fingerprint density at radius 2 is 1.67 bits per heavy atom. The summed E-state index contributed by atoms with van der Waals surface area (Å²) in [6.45, 7) is 5.95. The molecule has 12 heavy (non-hydrogen) atoms. The van der Waals surface area contributed by atoms with Crippen molar-refractivity contribution in [1.29, 1.82) is 0 Å². The third kappa shape index (κ3) is 4.35. The Bertz CT molecular complexity index is 152. The Labute approximate surface area is 75.8 Å². The maximum absolute atomic E-state index is 9.80. The van der Waals surface area contributed by atoms with Crippen LogP contribution in [0.3, 0.4) is 0 Å². The van der Waals surface area contributed by atoms with Gasteiger partial charge in [-0.25, -0.2) is 0 Å². The second kappa shape index (κ2) is 6.01. The summed E-state index contributed by atoms with van der Waals surface area (Å²) in [5.74, 6) is 0. The number of rotatable bonds is 5. The van der Waals surface area contributed by atoms with Crippen LogP contribution >= 0.6 is 0 Å². The monoisotopic (exact) mass is 167 g/mol. The molecule has 0 unspecified atom stereocenters. The standard InChI is InChI=1S/C11H19O/c1-4-7-8-9-10-11(12,5-2)6-3/h4,7-10,12H,5-6H2,1-3H3. The van der Waals surface area contributed by atoms with Gasteiger partial charge in [0.2, 0.25) is 0 Å². The van der Waals surface area contributed by atoms with Crippen LogP contribution in [0.1, 0.15) is 33.6 Å². The second-order valence-electron chi connectivity index (χ2n) is 2.89. The Kier molecular flexibility index (Phi) is 5.73. The fourth-order valence-electron chi connectivity index (χ4n) is 0.896. The zero-order valence-electron chi connectivity index (χ0n) is 8.25. The molecule has 0 rings (SSSR count). The first-order valence-corrected chi connectivity index (χ1v) is 4.54. The first kappa shape index (κ1) is 11.4. The van der Waals surface area contributed by atoms with Gasteiger partial charge in [-0.2, -0.15) is 0 Å². The molecule has 0 heterocycles. The lowest BCUT2D eigenvalue weighted by molar-refractivity contribution is 0.0828. The number of allylic oxidation sites excluding steroid dienone is 3. The van der Waals surface area contributed by atoms with E-state index in [2.05, 4.69) is 0 Å². The van der Waals surface area contributed by atoms with Gasteiger partial charge in [0.25, 0.3) is 0 Å². The summed E-state index contributed by atoms with van der Waals surface area (Å²) in [5.41, 5.74) is -0.613. The summed E-state index contributed by atoms with van der Waals surface area (Å²) in [6, 6.07) is 0. The van der Waals surface area contributed by atoms with Gasteiger partial charge in [-0.1, -0.05) is 45.1 Å². The second-order valence-corrected chi connectivity index (χ2v) is 2.89. The molecule has 0 bridgehead atoms. The molecular formula is C11H19O. The van der Waals surface area contributed by atoms with Crippen molar-refractivity contribution in [3.8, 4) is 0 Å². The molecule has 0 atom stereocenters. The van der Waals surface area contributed by atoms with E-state index in [1.54, 1.807) is 0 Å². The molecule has 0 aliphatic rings. The zero-order valence-corrected chi connectivity index (χ0v) is 8.25. The van der Waals surface area contributed by atoms with Gasteiger partial charge >= 0.3 is 0 Å². The molecule has 1 N–H and O–H groups in total. The van der Waals surface area contributed by atoms with Crippen molar-refractivity contribution in [3.63, 3.8) is 0 Å². The van der Waals surface area contributed by atoms with Crippen LogP contribution in [0.4, 0.5) is 0 Å². The molecule has 0 fully saturated rings. The third-order valence-electron chi connectivity index (χ3n) is 2.05. The lowest BCUT2D eigenvalue weighted by atomic mass is 9.97. The molecule has 0 aliphatic carbocycles. The van der Waals surface area contributed by atoms with Gasteiger partial charge in [-0.15, -0.1) is 0 Å². The van der Waals surface area contributed by atoms with E-state index < -0.39 is 5.60 Å². The minimum absolute atomic E-state index is 0.613. The first-order chi connectivity index (χ1) is 5.68. The van der Waals surface area contributed by atoms with Crippen LogP contribution in [-0.2, 0) is 0 Å². The molecule has 0 aliphatic heterocycles. The van der Waals surface area contributed by atoms with Crippen LogP contribution in [0.5, 0.6) is 0 Å².